The fourth-order valence-corrected chi connectivity index (χ4v) is 1.09. The van der Waals surface area contributed by atoms with Crippen molar-refractivity contribution in [1.82, 2.24) is 0 Å². The number of methoxy groups -OCH3 is 1. The van der Waals surface area contributed by atoms with Crippen molar-refractivity contribution in [3.8, 4) is 5.75 Å². The zero-order valence-electron chi connectivity index (χ0n) is 8.65. The van der Waals surface area contributed by atoms with E-state index in [1.54, 1.807) is 0 Å². The van der Waals surface area contributed by atoms with E-state index in [9.17, 15) is 23.7 Å². The predicted molar refractivity (Wildman–Crippen MR) is 54.3 cm³/mol. The molecule has 0 bridgehead atoms. The maximum Gasteiger partial charge on any atom is 0.315 e. The molecule has 1 rings (SSSR count). The van der Waals surface area contributed by atoms with Gasteiger partial charge in [0.25, 0.3) is 11.6 Å². The van der Waals surface area contributed by atoms with Gasteiger partial charge in [0.05, 0.1) is 17.7 Å². The molecule has 0 spiro atoms. The molecular formula is C9H8F2N2O4. The molecule has 1 amide bonds. The minimum absolute atomic E-state index is 0.0598. The van der Waals surface area contributed by atoms with Gasteiger partial charge in [-0.15, -0.1) is 0 Å². The number of nitro groups is 1. The Morgan fingerprint density at radius 3 is 2.65 bits per heavy atom. The van der Waals surface area contributed by atoms with E-state index < -0.39 is 17.3 Å². The summed E-state index contributed by atoms with van der Waals surface area (Å²) in [6.07, 6.45) is -3.21. The number of nitrogens with one attached hydrogen (secondary N) is 1. The quantitative estimate of drug-likeness (QED) is 0.648. The first-order chi connectivity index (χ1) is 7.95. The highest BCUT2D eigenvalue weighted by Gasteiger charge is 2.19. The third-order valence-corrected chi connectivity index (χ3v) is 1.85. The summed E-state index contributed by atoms with van der Waals surface area (Å²) in [6.45, 7) is 0. The zero-order chi connectivity index (χ0) is 13.0. The number of halogens is 2. The molecule has 6 nitrogen and oxygen atoms in total. The van der Waals surface area contributed by atoms with E-state index in [2.05, 4.69) is 0 Å². The van der Waals surface area contributed by atoms with Crippen molar-refractivity contribution in [3.63, 3.8) is 0 Å². The Morgan fingerprint density at radius 1 is 1.53 bits per heavy atom. The monoisotopic (exact) mass is 246 g/mol. The number of nitro benzene ring substituents is 1. The second-order valence-electron chi connectivity index (χ2n) is 2.93. The van der Waals surface area contributed by atoms with Gasteiger partial charge in [-0.25, -0.2) is 0 Å². The number of alkyl halides is 2. The summed E-state index contributed by atoms with van der Waals surface area (Å²) in [7, 11) is 1.25. The largest absolute Gasteiger partial charge is 0.495 e. The summed E-state index contributed by atoms with van der Waals surface area (Å²) in [5, 5.41) is 12.3. The zero-order valence-corrected chi connectivity index (χ0v) is 8.65. The van der Waals surface area contributed by atoms with Crippen molar-refractivity contribution in [2.75, 3.05) is 12.4 Å². The Hall–Kier alpha value is -2.25. The van der Waals surface area contributed by atoms with Crippen molar-refractivity contribution in [2.24, 2.45) is 0 Å². The van der Waals surface area contributed by atoms with Gasteiger partial charge in [-0.05, 0) is 6.07 Å². The van der Waals surface area contributed by atoms with E-state index in [0.717, 1.165) is 12.1 Å². The molecule has 0 radical (unpaired) electrons. The molecular weight excluding hydrogens is 238 g/mol. The van der Waals surface area contributed by atoms with Crippen LogP contribution in [-0.2, 0) is 4.79 Å². The molecule has 92 valence electrons. The minimum atomic E-state index is -3.21. The molecule has 1 aromatic carbocycles. The summed E-state index contributed by atoms with van der Waals surface area (Å²) in [5.74, 6) is -1.49. The van der Waals surface area contributed by atoms with E-state index in [1.807, 2.05) is 5.32 Å². The molecule has 0 unspecified atom stereocenters. The first-order valence-corrected chi connectivity index (χ1v) is 4.37. The first kappa shape index (κ1) is 12.8. The van der Waals surface area contributed by atoms with Crippen LogP contribution in [0.1, 0.15) is 0 Å². The Labute approximate surface area is 94.3 Å². The third kappa shape index (κ3) is 3.10. The van der Waals surface area contributed by atoms with Crippen molar-refractivity contribution in [2.45, 2.75) is 6.43 Å². The van der Waals surface area contributed by atoms with Gasteiger partial charge in [-0.2, -0.15) is 8.78 Å². The predicted octanol–water partition coefficient (Wildman–Crippen LogP) is 1.81. The smallest absolute Gasteiger partial charge is 0.315 e. The molecule has 0 saturated heterocycles. The molecule has 0 atom stereocenters. The molecule has 0 aromatic heterocycles. The lowest BCUT2D eigenvalue weighted by molar-refractivity contribution is -0.384. The average Bonchev–Trinajstić information content (AvgIpc) is 2.28. The van der Waals surface area contributed by atoms with Gasteiger partial charge >= 0.3 is 6.43 Å². The number of ether oxygens (including phenoxy) is 1. The number of carbonyl (C=O) groups excluding carboxylic acids is 1. The van der Waals surface area contributed by atoms with Crippen LogP contribution in [0.15, 0.2) is 18.2 Å². The highest BCUT2D eigenvalue weighted by Crippen LogP contribution is 2.29. The van der Waals surface area contributed by atoms with Gasteiger partial charge in [-0.3, -0.25) is 14.9 Å². The summed E-state index contributed by atoms with van der Waals surface area (Å²) >= 11 is 0. The van der Waals surface area contributed by atoms with Gasteiger partial charge in [0.1, 0.15) is 5.75 Å². The van der Waals surface area contributed by atoms with Crippen LogP contribution in [0.25, 0.3) is 0 Å². The molecule has 17 heavy (non-hydrogen) atoms. The molecule has 0 saturated carbocycles. The summed E-state index contributed by atoms with van der Waals surface area (Å²) in [4.78, 5) is 20.5. The van der Waals surface area contributed by atoms with Crippen LogP contribution in [0.4, 0.5) is 20.2 Å². The number of amides is 1. The van der Waals surface area contributed by atoms with E-state index in [0.29, 0.717) is 0 Å². The number of benzene rings is 1. The maximum absolute atomic E-state index is 12.0. The van der Waals surface area contributed by atoms with Crippen LogP contribution >= 0.6 is 0 Å². The Morgan fingerprint density at radius 2 is 2.18 bits per heavy atom. The normalized spacial score (nSPS) is 10.1. The van der Waals surface area contributed by atoms with Crippen molar-refractivity contribution in [1.29, 1.82) is 0 Å². The highest BCUT2D eigenvalue weighted by atomic mass is 19.3. The van der Waals surface area contributed by atoms with E-state index >= 15 is 0 Å². The Balaban J connectivity index is 3.06. The molecule has 8 heteroatoms. The Bertz CT molecular complexity index is 451. The second-order valence-corrected chi connectivity index (χ2v) is 2.93. The number of nitrogens with zero attached hydrogens (tertiary/aromatic N) is 1. The van der Waals surface area contributed by atoms with Crippen LogP contribution in [-0.4, -0.2) is 24.4 Å². The number of carbonyl (C=O) groups is 1. The number of hydrogen-bond acceptors (Lipinski definition) is 4. The van der Waals surface area contributed by atoms with Crippen molar-refractivity contribution in [3.05, 3.63) is 28.3 Å². The highest BCUT2D eigenvalue weighted by molar-refractivity contribution is 5.94. The van der Waals surface area contributed by atoms with Gasteiger partial charge in [0.15, 0.2) is 0 Å². The summed E-state index contributed by atoms with van der Waals surface area (Å²) in [5.41, 5.74) is -0.512. The summed E-state index contributed by atoms with van der Waals surface area (Å²) in [6, 6.07) is 3.29. The van der Waals surface area contributed by atoms with Gasteiger partial charge in [0.2, 0.25) is 0 Å². The lowest BCUT2D eigenvalue weighted by atomic mass is 10.2. The molecule has 0 heterocycles. The van der Waals surface area contributed by atoms with Crippen LogP contribution in [0, 0.1) is 10.1 Å². The maximum atomic E-state index is 12.0. The van der Waals surface area contributed by atoms with Crippen LogP contribution in [0.3, 0.4) is 0 Å². The number of hydrogen-bond donors (Lipinski definition) is 1. The van der Waals surface area contributed by atoms with Crippen LogP contribution in [0.2, 0.25) is 0 Å². The van der Waals surface area contributed by atoms with E-state index in [1.165, 1.54) is 13.2 Å². The van der Waals surface area contributed by atoms with E-state index in [-0.39, 0.29) is 17.1 Å². The van der Waals surface area contributed by atoms with Crippen molar-refractivity contribution < 1.29 is 23.2 Å². The first-order valence-electron chi connectivity index (χ1n) is 4.37. The van der Waals surface area contributed by atoms with Gasteiger partial charge in [-0.1, -0.05) is 0 Å². The van der Waals surface area contributed by atoms with E-state index in [4.69, 9.17) is 4.74 Å². The van der Waals surface area contributed by atoms with Gasteiger partial charge in [0, 0.05) is 12.1 Å². The molecule has 1 aromatic rings. The average molecular weight is 246 g/mol. The summed E-state index contributed by atoms with van der Waals surface area (Å²) < 4.78 is 28.8. The minimum Gasteiger partial charge on any atom is -0.495 e. The SMILES string of the molecule is COc1ccc([N+](=O)[O-])cc1NC(=O)C(F)F. The lowest BCUT2D eigenvalue weighted by Crippen LogP contribution is -2.20. The third-order valence-electron chi connectivity index (χ3n) is 1.85. The number of anilines is 1. The standard InChI is InChI=1S/C9H8F2N2O4/c1-17-7-3-2-5(13(15)16)4-6(7)12-9(14)8(10)11/h2-4,8H,1H3,(H,12,14). The number of rotatable bonds is 4. The molecule has 0 aliphatic carbocycles. The molecule has 0 aliphatic heterocycles. The molecule has 0 fully saturated rings. The topological polar surface area (TPSA) is 81.5 Å². The molecule has 0 aliphatic rings. The molecule has 1 N–H and O–H groups in total. The lowest BCUT2D eigenvalue weighted by Gasteiger charge is -2.09. The van der Waals surface area contributed by atoms with Crippen LogP contribution in [0.5, 0.6) is 5.75 Å². The fraction of sp³-hybridized carbons (Fsp3) is 0.222. The Kier molecular flexibility index (Phi) is 3.91. The number of non-ortho nitro benzene ring substituents is 1. The fourth-order valence-electron chi connectivity index (χ4n) is 1.09. The van der Waals surface area contributed by atoms with Gasteiger partial charge < -0.3 is 10.1 Å². The van der Waals surface area contributed by atoms with Crippen molar-refractivity contribution >= 4 is 17.3 Å². The second kappa shape index (κ2) is 5.19. The van der Waals surface area contributed by atoms with Crippen LogP contribution < -0.4 is 10.1 Å².